The van der Waals surface area contributed by atoms with Crippen LogP contribution in [-0.2, 0) is 0 Å². The van der Waals surface area contributed by atoms with Crippen molar-refractivity contribution in [3.05, 3.63) is 53.6 Å². The molecule has 0 fully saturated rings. The molecular formula is C16H17NO3. The molecule has 104 valence electrons. The van der Waals surface area contributed by atoms with Gasteiger partial charge in [-0.3, -0.25) is 4.79 Å². The molecule has 4 heteroatoms. The minimum Gasteiger partial charge on any atom is -0.504 e. The first-order valence-corrected chi connectivity index (χ1v) is 6.42. The van der Waals surface area contributed by atoms with Crippen molar-refractivity contribution in [1.29, 1.82) is 0 Å². The van der Waals surface area contributed by atoms with Gasteiger partial charge >= 0.3 is 0 Å². The third-order valence-corrected chi connectivity index (χ3v) is 3.09. The van der Waals surface area contributed by atoms with Crippen LogP contribution >= 0.6 is 0 Å². The van der Waals surface area contributed by atoms with Crippen LogP contribution in [0.25, 0.3) is 0 Å². The first kappa shape index (κ1) is 13.9. The summed E-state index contributed by atoms with van der Waals surface area (Å²) in [5.74, 6) is -0.905. The maximum absolute atomic E-state index is 12.2. The number of carbonyl (C=O) groups excluding carboxylic acids is 1. The van der Waals surface area contributed by atoms with Crippen molar-refractivity contribution < 1.29 is 15.0 Å². The van der Waals surface area contributed by atoms with Crippen LogP contribution in [0.15, 0.2) is 42.5 Å². The Bertz CT molecular complexity index is 635. The summed E-state index contributed by atoms with van der Waals surface area (Å²) in [6.07, 6.45) is 0. The monoisotopic (exact) mass is 271 g/mol. The molecule has 3 N–H and O–H groups in total. The lowest BCUT2D eigenvalue weighted by Gasteiger charge is -2.14. The van der Waals surface area contributed by atoms with Gasteiger partial charge in [-0.1, -0.05) is 38.1 Å². The van der Waals surface area contributed by atoms with Crippen molar-refractivity contribution in [1.82, 2.24) is 0 Å². The summed E-state index contributed by atoms with van der Waals surface area (Å²) in [6.45, 7) is 4.08. The van der Waals surface area contributed by atoms with Crippen LogP contribution in [-0.4, -0.2) is 16.1 Å². The molecular weight excluding hydrogens is 254 g/mol. The van der Waals surface area contributed by atoms with Crippen molar-refractivity contribution >= 4 is 11.6 Å². The minimum atomic E-state index is -0.452. The fourth-order valence-corrected chi connectivity index (χ4v) is 2.02. The molecule has 2 rings (SSSR count). The molecule has 0 atom stereocenters. The Morgan fingerprint density at radius 3 is 2.45 bits per heavy atom. The number of aromatic hydroxyl groups is 2. The van der Waals surface area contributed by atoms with Crippen LogP contribution in [0.2, 0.25) is 0 Å². The molecule has 0 saturated heterocycles. The maximum atomic E-state index is 12.2. The average Bonchev–Trinajstić information content (AvgIpc) is 2.42. The van der Waals surface area contributed by atoms with E-state index in [0.717, 1.165) is 5.56 Å². The quantitative estimate of drug-likeness (QED) is 0.749. The SMILES string of the molecule is CC(C)c1ccccc1NC(=O)c1cccc(O)c1O. The van der Waals surface area contributed by atoms with Gasteiger partial charge in [0.05, 0.1) is 5.56 Å². The van der Waals surface area contributed by atoms with Gasteiger partial charge in [0.2, 0.25) is 0 Å². The summed E-state index contributed by atoms with van der Waals surface area (Å²) in [7, 11) is 0. The van der Waals surface area contributed by atoms with Crippen molar-refractivity contribution in [3.63, 3.8) is 0 Å². The zero-order chi connectivity index (χ0) is 14.7. The van der Waals surface area contributed by atoms with Crippen molar-refractivity contribution in [3.8, 4) is 11.5 Å². The van der Waals surface area contributed by atoms with Gasteiger partial charge in [-0.05, 0) is 29.7 Å². The standard InChI is InChI=1S/C16H17NO3/c1-10(2)11-6-3-4-8-13(11)17-16(20)12-7-5-9-14(18)15(12)19/h3-10,18-19H,1-2H3,(H,17,20). The lowest BCUT2D eigenvalue weighted by Crippen LogP contribution is -2.13. The number of rotatable bonds is 3. The second-order valence-corrected chi connectivity index (χ2v) is 4.87. The summed E-state index contributed by atoms with van der Waals surface area (Å²) >= 11 is 0. The van der Waals surface area contributed by atoms with Gasteiger partial charge in [-0.2, -0.15) is 0 Å². The minimum absolute atomic E-state index is 0.0450. The first-order valence-electron chi connectivity index (χ1n) is 6.42. The highest BCUT2D eigenvalue weighted by atomic mass is 16.3. The maximum Gasteiger partial charge on any atom is 0.259 e. The van der Waals surface area contributed by atoms with E-state index >= 15 is 0 Å². The number of carbonyl (C=O) groups is 1. The van der Waals surface area contributed by atoms with E-state index in [2.05, 4.69) is 5.32 Å². The van der Waals surface area contributed by atoms with Gasteiger partial charge in [0.15, 0.2) is 11.5 Å². The number of para-hydroxylation sites is 2. The number of hydrogen-bond acceptors (Lipinski definition) is 3. The molecule has 20 heavy (non-hydrogen) atoms. The predicted octanol–water partition coefficient (Wildman–Crippen LogP) is 3.47. The zero-order valence-corrected chi connectivity index (χ0v) is 11.4. The molecule has 0 aliphatic carbocycles. The molecule has 2 aromatic carbocycles. The highest BCUT2D eigenvalue weighted by Gasteiger charge is 2.15. The van der Waals surface area contributed by atoms with Crippen LogP contribution in [0, 0.1) is 0 Å². The average molecular weight is 271 g/mol. The van der Waals surface area contributed by atoms with Crippen molar-refractivity contribution in [2.24, 2.45) is 0 Å². The molecule has 1 amide bonds. The Labute approximate surface area is 117 Å². The molecule has 0 spiro atoms. The number of phenolic OH excluding ortho intramolecular Hbond substituents is 2. The number of amides is 1. The topological polar surface area (TPSA) is 69.6 Å². The molecule has 4 nitrogen and oxygen atoms in total. The molecule has 0 unspecified atom stereocenters. The van der Waals surface area contributed by atoms with Crippen molar-refractivity contribution in [2.75, 3.05) is 5.32 Å². The highest BCUT2D eigenvalue weighted by Crippen LogP contribution is 2.30. The lowest BCUT2D eigenvalue weighted by atomic mass is 10.0. The van der Waals surface area contributed by atoms with Crippen LogP contribution in [0.1, 0.15) is 35.7 Å². The van der Waals surface area contributed by atoms with Gasteiger partial charge < -0.3 is 15.5 Å². The van der Waals surface area contributed by atoms with Crippen molar-refractivity contribution in [2.45, 2.75) is 19.8 Å². The molecule has 0 aliphatic heterocycles. The van der Waals surface area contributed by atoms with Crippen LogP contribution < -0.4 is 5.32 Å². The summed E-state index contributed by atoms with van der Waals surface area (Å²) in [4.78, 5) is 12.2. The number of phenols is 2. The lowest BCUT2D eigenvalue weighted by molar-refractivity contribution is 0.102. The number of nitrogens with one attached hydrogen (secondary N) is 1. The van der Waals surface area contributed by atoms with E-state index in [1.807, 2.05) is 38.1 Å². The van der Waals surface area contributed by atoms with Crippen LogP contribution in [0.5, 0.6) is 11.5 Å². The molecule has 0 heterocycles. The Hall–Kier alpha value is -2.49. The van der Waals surface area contributed by atoms with Gasteiger partial charge in [0.1, 0.15) is 0 Å². The second kappa shape index (κ2) is 5.65. The molecule has 0 aliphatic rings. The molecule has 0 bridgehead atoms. The Morgan fingerprint density at radius 1 is 1.05 bits per heavy atom. The van der Waals surface area contributed by atoms with Gasteiger partial charge in [-0.15, -0.1) is 0 Å². The van der Waals surface area contributed by atoms with Gasteiger partial charge in [-0.25, -0.2) is 0 Å². The van der Waals surface area contributed by atoms with E-state index in [1.54, 1.807) is 0 Å². The Morgan fingerprint density at radius 2 is 1.75 bits per heavy atom. The van der Waals surface area contributed by atoms with E-state index in [1.165, 1.54) is 18.2 Å². The summed E-state index contributed by atoms with van der Waals surface area (Å²) in [5.41, 5.74) is 1.76. The second-order valence-electron chi connectivity index (χ2n) is 4.87. The summed E-state index contributed by atoms with van der Waals surface area (Å²) < 4.78 is 0. The molecule has 0 aromatic heterocycles. The fraction of sp³-hybridized carbons (Fsp3) is 0.188. The van der Waals surface area contributed by atoms with Crippen LogP contribution in [0.4, 0.5) is 5.69 Å². The number of hydrogen-bond donors (Lipinski definition) is 3. The smallest absolute Gasteiger partial charge is 0.259 e. The normalized spacial score (nSPS) is 10.6. The fourth-order valence-electron chi connectivity index (χ4n) is 2.02. The van der Waals surface area contributed by atoms with E-state index < -0.39 is 11.7 Å². The third-order valence-electron chi connectivity index (χ3n) is 3.09. The summed E-state index contributed by atoms with van der Waals surface area (Å²) in [6, 6.07) is 11.8. The first-order chi connectivity index (χ1) is 9.50. The Balaban J connectivity index is 2.31. The zero-order valence-electron chi connectivity index (χ0n) is 11.4. The number of benzene rings is 2. The predicted molar refractivity (Wildman–Crippen MR) is 78.3 cm³/mol. The highest BCUT2D eigenvalue weighted by molar-refractivity contribution is 6.07. The van der Waals surface area contributed by atoms with Gasteiger partial charge in [0, 0.05) is 5.69 Å². The molecule has 0 radical (unpaired) electrons. The number of anilines is 1. The molecule has 0 saturated carbocycles. The van der Waals surface area contributed by atoms with E-state index in [4.69, 9.17) is 0 Å². The largest absolute Gasteiger partial charge is 0.504 e. The summed E-state index contributed by atoms with van der Waals surface area (Å²) in [5, 5.41) is 21.9. The van der Waals surface area contributed by atoms with Crippen LogP contribution in [0.3, 0.4) is 0 Å². The Kier molecular flexibility index (Phi) is 3.94. The van der Waals surface area contributed by atoms with E-state index in [-0.39, 0.29) is 17.2 Å². The molecule has 2 aromatic rings. The van der Waals surface area contributed by atoms with Gasteiger partial charge in [0.25, 0.3) is 5.91 Å². The third kappa shape index (κ3) is 2.74. The van der Waals surface area contributed by atoms with E-state index in [0.29, 0.717) is 5.69 Å². The van der Waals surface area contributed by atoms with E-state index in [9.17, 15) is 15.0 Å².